The lowest BCUT2D eigenvalue weighted by Crippen LogP contribution is -2.43. The SMILES string of the molecule is C=C(F)F.CN(C)C.Cc1c(C=O)nn2c1CN(c1nc(OCC34CCCN3CCC4)nc3c1COC(c1cc(N)cc(C(N)=O)c1C(F)(F)F)C3)CCC2. The highest BCUT2D eigenvalue weighted by molar-refractivity contribution is 5.96. The summed E-state index contributed by atoms with van der Waals surface area (Å²) in [6, 6.07) is 2.27. The van der Waals surface area contributed by atoms with Gasteiger partial charge in [-0.2, -0.15) is 37.0 Å². The highest BCUT2D eigenvalue weighted by Crippen LogP contribution is 2.44. The Hall–Kier alpha value is -4.68. The van der Waals surface area contributed by atoms with E-state index in [2.05, 4.69) is 21.5 Å². The van der Waals surface area contributed by atoms with Gasteiger partial charge in [0.25, 0.3) is 6.08 Å². The quantitative estimate of drug-likeness (QED) is 0.182. The van der Waals surface area contributed by atoms with E-state index < -0.39 is 35.4 Å². The molecule has 4 aliphatic rings. The van der Waals surface area contributed by atoms with Gasteiger partial charge in [0, 0.05) is 36.3 Å². The molecule has 4 aliphatic heterocycles. The number of anilines is 2. The van der Waals surface area contributed by atoms with Crippen molar-refractivity contribution in [1.82, 2.24) is 29.5 Å². The summed E-state index contributed by atoms with van der Waals surface area (Å²) in [4.78, 5) is 39.9. The molecule has 1 aromatic carbocycles. The minimum Gasteiger partial charge on any atom is -0.461 e. The van der Waals surface area contributed by atoms with Crippen molar-refractivity contribution < 1.29 is 41.0 Å². The molecule has 7 rings (SSSR count). The topological polar surface area (TPSA) is 158 Å². The van der Waals surface area contributed by atoms with Gasteiger partial charge in [-0.15, -0.1) is 0 Å². The lowest BCUT2D eigenvalue weighted by molar-refractivity contribution is -0.140. The van der Waals surface area contributed by atoms with Crippen LogP contribution >= 0.6 is 0 Å². The number of aldehydes is 1. The Morgan fingerprint density at radius 3 is 2.36 bits per heavy atom. The van der Waals surface area contributed by atoms with Crippen molar-refractivity contribution >= 4 is 23.7 Å². The normalized spacial score (nSPS) is 18.9. The number of primary amides is 1. The van der Waals surface area contributed by atoms with Crippen LogP contribution in [0, 0.1) is 6.92 Å². The molecule has 1 unspecified atom stereocenters. The standard InChI is InChI=1S/C32H37F3N8O4.C3H9N.C2H2F2/c1-18-24(15-44)40-43-10-4-7-41(14-25(18)43)29-22-16-46-26(20-11-19(36)12-21(28(37)45)27(20)32(33,34)35)13-23(22)38-30(39-29)47-17-31-5-2-8-42(31)9-3-6-31;1-4(2)3;1-2(3)4/h11-12,15,26H,2-10,13-14,16-17,36H2,1H3,(H2,37,45);1-3H3;1H2. The minimum atomic E-state index is -4.89. The van der Waals surface area contributed by atoms with Gasteiger partial charge >= 0.3 is 12.2 Å². The lowest BCUT2D eigenvalue weighted by atomic mass is 9.91. The van der Waals surface area contributed by atoms with Gasteiger partial charge in [-0.3, -0.25) is 19.2 Å². The van der Waals surface area contributed by atoms with E-state index in [1.165, 1.54) is 6.07 Å². The van der Waals surface area contributed by atoms with Gasteiger partial charge in [0.05, 0.1) is 47.3 Å². The molecule has 2 fully saturated rings. The Labute approximate surface area is 316 Å². The average molecular weight is 778 g/mol. The maximum atomic E-state index is 14.4. The maximum Gasteiger partial charge on any atom is 0.417 e. The number of nitrogens with zero attached hydrogens (tertiary/aromatic N) is 7. The fraction of sp³-hybridized carbons (Fsp3) is 0.541. The van der Waals surface area contributed by atoms with Gasteiger partial charge in [-0.05, 0) is 97.5 Å². The van der Waals surface area contributed by atoms with Gasteiger partial charge < -0.3 is 30.7 Å². The second kappa shape index (κ2) is 17.0. The predicted octanol–water partition coefficient (Wildman–Crippen LogP) is 5.30. The van der Waals surface area contributed by atoms with Crippen LogP contribution in [0.25, 0.3) is 0 Å². The molecular weight excluding hydrogens is 729 g/mol. The molecule has 55 heavy (non-hydrogen) atoms. The molecule has 300 valence electrons. The van der Waals surface area contributed by atoms with Crippen molar-refractivity contribution in [3.8, 4) is 6.01 Å². The number of rotatable bonds is 7. The number of ether oxygens (including phenoxy) is 2. The van der Waals surface area contributed by atoms with Gasteiger partial charge in [-0.25, -0.2) is 0 Å². The van der Waals surface area contributed by atoms with E-state index in [1.807, 2.05) is 37.6 Å². The first-order chi connectivity index (χ1) is 25.9. The highest BCUT2D eigenvalue weighted by Gasteiger charge is 2.45. The number of carbonyl (C=O) groups excluding carboxylic acids is 2. The number of alkyl halides is 3. The number of hydrogen-bond donors (Lipinski definition) is 2. The summed E-state index contributed by atoms with van der Waals surface area (Å²) < 4.78 is 77.8. The molecule has 0 aliphatic carbocycles. The molecule has 0 saturated carbocycles. The Balaban J connectivity index is 0.000000663. The molecule has 13 nitrogen and oxygen atoms in total. The second-order valence-corrected chi connectivity index (χ2v) is 14.6. The minimum absolute atomic E-state index is 0.0354. The number of halogens is 5. The van der Waals surface area contributed by atoms with Gasteiger partial charge in [-0.1, -0.05) is 0 Å². The first kappa shape index (κ1) is 41.5. The molecule has 2 aromatic heterocycles. The third-order valence-electron chi connectivity index (χ3n) is 10.1. The van der Waals surface area contributed by atoms with Gasteiger partial charge in [0.2, 0.25) is 5.91 Å². The highest BCUT2D eigenvalue weighted by atomic mass is 19.4. The fourth-order valence-corrected chi connectivity index (χ4v) is 7.82. The van der Waals surface area contributed by atoms with Crippen LogP contribution in [-0.2, 0) is 37.0 Å². The van der Waals surface area contributed by atoms with Crippen LogP contribution in [0.3, 0.4) is 0 Å². The van der Waals surface area contributed by atoms with Crippen LogP contribution < -0.4 is 21.1 Å². The van der Waals surface area contributed by atoms with E-state index in [0.29, 0.717) is 49.0 Å². The van der Waals surface area contributed by atoms with E-state index >= 15 is 0 Å². The number of benzene rings is 1. The van der Waals surface area contributed by atoms with Crippen molar-refractivity contribution in [3.63, 3.8) is 0 Å². The number of amides is 1. The van der Waals surface area contributed by atoms with E-state index in [-0.39, 0.29) is 35.8 Å². The van der Waals surface area contributed by atoms with Crippen LogP contribution in [0.1, 0.15) is 92.7 Å². The summed E-state index contributed by atoms with van der Waals surface area (Å²) in [6.45, 7) is 8.10. The largest absolute Gasteiger partial charge is 0.461 e. The number of aryl methyl sites for hydroxylation is 1. The summed E-state index contributed by atoms with van der Waals surface area (Å²) >= 11 is 0. The molecule has 4 N–H and O–H groups in total. The Morgan fingerprint density at radius 1 is 1.11 bits per heavy atom. The zero-order valence-electron chi connectivity index (χ0n) is 31.5. The molecule has 0 spiro atoms. The summed E-state index contributed by atoms with van der Waals surface area (Å²) in [7, 11) is 6.00. The van der Waals surface area contributed by atoms with Crippen LogP contribution in [0.5, 0.6) is 6.01 Å². The molecule has 18 heteroatoms. The molecular formula is C37H48F5N9O4. The number of hydrogen-bond acceptors (Lipinski definition) is 11. The predicted molar refractivity (Wildman–Crippen MR) is 195 cm³/mol. The first-order valence-corrected chi connectivity index (χ1v) is 18.0. The molecule has 1 amide bonds. The number of fused-ring (bicyclic) bond motifs is 3. The van der Waals surface area contributed by atoms with Crippen molar-refractivity contribution in [2.45, 2.75) is 83.0 Å². The van der Waals surface area contributed by atoms with E-state index in [0.717, 1.165) is 68.8 Å². The third kappa shape index (κ3) is 9.41. The zero-order valence-corrected chi connectivity index (χ0v) is 31.5. The fourth-order valence-electron chi connectivity index (χ4n) is 7.82. The van der Waals surface area contributed by atoms with E-state index in [9.17, 15) is 31.5 Å². The molecule has 2 saturated heterocycles. The van der Waals surface area contributed by atoms with Crippen molar-refractivity contribution in [2.75, 3.05) is 58.0 Å². The molecule has 3 aromatic rings. The molecule has 0 radical (unpaired) electrons. The molecule has 1 atom stereocenters. The van der Waals surface area contributed by atoms with Crippen LogP contribution in [0.4, 0.5) is 33.5 Å². The zero-order chi connectivity index (χ0) is 40.2. The van der Waals surface area contributed by atoms with E-state index in [1.54, 1.807) is 0 Å². The average Bonchev–Trinajstić information content (AvgIpc) is 3.72. The molecule has 6 heterocycles. The number of nitrogens with two attached hydrogens (primary N) is 2. The Kier molecular flexibility index (Phi) is 12.8. The van der Waals surface area contributed by atoms with E-state index in [4.69, 9.17) is 30.9 Å². The number of carbonyl (C=O) groups is 2. The maximum absolute atomic E-state index is 14.4. The summed E-state index contributed by atoms with van der Waals surface area (Å²) in [6.07, 6.45) is -2.17. The van der Waals surface area contributed by atoms with Gasteiger partial charge in [0.15, 0.2) is 6.29 Å². The van der Waals surface area contributed by atoms with Crippen LogP contribution in [0.2, 0.25) is 0 Å². The van der Waals surface area contributed by atoms with Crippen molar-refractivity contribution in [1.29, 1.82) is 0 Å². The first-order valence-electron chi connectivity index (χ1n) is 18.0. The summed E-state index contributed by atoms with van der Waals surface area (Å²) in [5.41, 5.74) is 12.3. The van der Waals surface area contributed by atoms with Crippen molar-refractivity contribution in [2.24, 2.45) is 5.73 Å². The second-order valence-electron chi connectivity index (χ2n) is 14.6. The van der Waals surface area contributed by atoms with Gasteiger partial charge in [0.1, 0.15) is 18.1 Å². The van der Waals surface area contributed by atoms with Crippen molar-refractivity contribution in [3.05, 3.63) is 69.7 Å². The Morgan fingerprint density at radius 2 is 1.76 bits per heavy atom. The third-order valence-corrected chi connectivity index (χ3v) is 10.1. The molecule has 0 bridgehead atoms. The van der Waals surface area contributed by atoms with Crippen LogP contribution in [0.15, 0.2) is 24.8 Å². The van der Waals surface area contributed by atoms with Crippen LogP contribution in [-0.4, -0.2) is 94.7 Å². The number of aromatic nitrogens is 4. The monoisotopic (exact) mass is 777 g/mol. The number of nitrogen functional groups attached to an aromatic ring is 1. The summed E-state index contributed by atoms with van der Waals surface area (Å²) in [5, 5.41) is 4.46. The smallest absolute Gasteiger partial charge is 0.417 e. The Bertz CT molecular complexity index is 1880. The summed E-state index contributed by atoms with van der Waals surface area (Å²) in [5.74, 6) is -0.665. The lowest BCUT2D eigenvalue weighted by Gasteiger charge is -2.33.